The number of rotatable bonds is 3. The average molecular weight is 261 g/mol. The zero-order valence-electron chi connectivity index (χ0n) is 11.2. The second kappa shape index (κ2) is 5.18. The predicted molar refractivity (Wildman–Crippen MR) is 76.7 cm³/mol. The Kier molecular flexibility index (Phi) is 3.80. The number of nitrogens with two attached hydrogens (primary N) is 1. The Labute approximate surface area is 112 Å². The monoisotopic (exact) mass is 261 g/mol. The molecule has 4 heteroatoms. The van der Waals surface area contributed by atoms with E-state index in [4.69, 9.17) is 5.84 Å². The van der Waals surface area contributed by atoms with E-state index in [2.05, 4.69) is 42.5 Å². The van der Waals surface area contributed by atoms with Crippen molar-refractivity contribution in [2.45, 2.75) is 33.7 Å². The first-order valence-corrected chi connectivity index (χ1v) is 6.81. The summed E-state index contributed by atoms with van der Waals surface area (Å²) in [5.41, 5.74) is 7.70. The lowest BCUT2D eigenvalue weighted by molar-refractivity contribution is 0.638. The molecule has 1 heterocycles. The van der Waals surface area contributed by atoms with Crippen LogP contribution in [-0.4, -0.2) is 4.98 Å². The van der Waals surface area contributed by atoms with E-state index in [-0.39, 0.29) is 6.04 Å². The highest BCUT2D eigenvalue weighted by Gasteiger charge is 2.19. The van der Waals surface area contributed by atoms with Crippen LogP contribution in [0.25, 0.3) is 0 Å². The normalized spacial score (nSPS) is 12.7. The fraction of sp³-hybridized carbons (Fsp3) is 0.357. The van der Waals surface area contributed by atoms with Crippen molar-refractivity contribution in [3.63, 3.8) is 0 Å². The van der Waals surface area contributed by atoms with Crippen molar-refractivity contribution in [3.05, 3.63) is 50.5 Å². The van der Waals surface area contributed by atoms with Crippen molar-refractivity contribution in [1.29, 1.82) is 0 Å². The second-order valence-electron chi connectivity index (χ2n) is 4.64. The zero-order valence-corrected chi connectivity index (χ0v) is 12.1. The van der Waals surface area contributed by atoms with Crippen LogP contribution in [0.2, 0.25) is 0 Å². The number of nitrogens with zero attached hydrogens (tertiary/aromatic N) is 1. The Morgan fingerprint density at radius 2 is 1.94 bits per heavy atom. The second-order valence-corrected chi connectivity index (χ2v) is 5.88. The highest BCUT2D eigenvalue weighted by molar-refractivity contribution is 7.11. The van der Waals surface area contributed by atoms with E-state index in [0.717, 1.165) is 10.7 Å². The van der Waals surface area contributed by atoms with Gasteiger partial charge >= 0.3 is 0 Å². The van der Waals surface area contributed by atoms with E-state index in [9.17, 15) is 0 Å². The van der Waals surface area contributed by atoms with Gasteiger partial charge in [-0.15, -0.1) is 11.3 Å². The van der Waals surface area contributed by atoms with E-state index in [1.807, 2.05) is 13.8 Å². The number of hydrogen-bond donors (Lipinski definition) is 2. The topological polar surface area (TPSA) is 50.9 Å². The highest BCUT2D eigenvalue weighted by Crippen LogP contribution is 2.31. The molecule has 0 amide bonds. The van der Waals surface area contributed by atoms with Crippen LogP contribution < -0.4 is 11.3 Å². The summed E-state index contributed by atoms with van der Waals surface area (Å²) >= 11 is 1.70. The molecule has 0 fully saturated rings. The van der Waals surface area contributed by atoms with Crippen molar-refractivity contribution >= 4 is 11.3 Å². The molecule has 0 radical (unpaired) electrons. The first kappa shape index (κ1) is 13.2. The maximum atomic E-state index is 5.76. The van der Waals surface area contributed by atoms with E-state index >= 15 is 0 Å². The number of benzene rings is 1. The molecule has 0 saturated heterocycles. The molecule has 3 nitrogen and oxygen atoms in total. The fourth-order valence-electron chi connectivity index (χ4n) is 2.19. The van der Waals surface area contributed by atoms with Crippen LogP contribution in [0.1, 0.15) is 38.3 Å². The fourth-order valence-corrected chi connectivity index (χ4v) is 3.20. The number of thiazole rings is 1. The summed E-state index contributed by atoms with van der Waals surface area (Å²) in [6, 6.07) is 6.47. The average Bonchev–Trinajstić information content (AvgIpc) is 2.64. The van der Waals surface area contributed by atoms with Crippen molar-refractivity contribution in [1.82, 2.24) is 10.4 Å². The van der Waals surface area contributed by atoms with Crippen molar-refractivity contribution in [2.24, 2.45) is 5.84 Å². The molecule has 1 atom stereocenters. The Morgan fingerprint density at radius 1 is 1.22 bits per heavy atom. The lowest BCUT2D eigenvalue weighted by atomic mass is 9.98. The highest BCUT2D eigenvalue weighted by atomic mass is 32.1. The standard InChI is InChI=1S/C14H19N3S/c1-8-5-6-9(2)12(7-8)13(17-15)14-10(3)16-11(4)18-14/h5-7,13,17H,15H2,1-4H3. The summed E-state index contributed by atoms with van der Waals surface area (Å²) < 4.78 is 0. The summed E-state index contributed by atoms with van der Waals surface area (Å²) in [7, 11) is 0. The van der Waals surface area contributed by atoms with Gasteiger partial charge in [-0.3, -0.25) is 5.84 Å². The number of hydrazine groups is 1. The number of aryl methyl sites for hydroxylation is 4. The van der Waals surface area contributed by atoms with Crippen LogP contribution in [0.3, 0.4) is 0 Å². The zero-order chi connectivity index (χ0) is 13.3. The maximum absolute atomic E-state index is 5.76. The Bertz CT molecular complexity index is 560. The summed E-state index contributed by atoms with van der Waals surface area (Å²) in [6.07, 6.45) is 0. The van der Waals surface area contributed by atoms with Gasteiger partial charge in [0, 0.05) is 0 Å². The van der Waals surface area contributed by atoms with Crippen LogP contribution in [0.15, 0.2) is 18.2 Å². The van der Waals surface area contributed by atoms with Crippen LogP contribution in [-0.2, 0) is 0 Å². The summed E-state index contributed by atoms with van der Waals surface area (Å²) in [5.74, 6) is 5.76. The molecule has 96 valence electrons. The first-order chi connectivity index (χ1) is 8.52. The van der Waals surface area contributed by atoms with Gasteiger partial charge in [0.15, 0.2) is 0 Å². The summed E-state index contributed by atoms with van der Waals surface area (Å²) in [4.78, 5) is 5.68. The third kappa shape index (κ3) is 2.46. The molecular weight excluding hydrogens is 242 g/mol. The van der Waals surface area contributed by atoms with Crippen molar-refractivity contribution in [2.75, 3.05) is 0 Å². The van der Waals surface area contributed by atoms with Crippen LogP contribution in [0, 0.1) is 27.7 Å². The molecule has 0 saturated carbocycles. The predicted octanol–water partition coefficient (Wildman–Crippen LogP) is 2.93. The number of aromatic nitrogens is 1. The molecule has 1 aromatic carbocycles. The maximum Gasteiger partial charge on any atom is 0.0900 e. The molecule has 0 bridgehead atoms. The van der Waals surface area contributed by atoms with Crippen LogP contribution in [0.4, 0.5) is 0 Å². The lowest BCUT2D eigenvalue weighted by Gasteiger charge is -2.18. The molecule has 2 aromatic rings. The smallest absolute Gasteiger partial charge is 0.0900 e. The third-order valence-corrected chi connectivity index (χ3v) is 4.25. The summed E-state index contributed by atoms with van der Waals surface area (Å²) in [5, 5.41) is 1.08. The van der Waals surface area contributed by atoms with E-state index in [1.54, 1.807) is 11.3 Å². The van der Waals surface area contributed by atoms with Gasteiger partial charge in [-0.25, -0.2) is 10.4 Å². The van der Waals surface area contributed by atoms with Crippen molar-refractivity contribution in [3.8, 4) is 0 Å². The van der Waals surface area contributed by atoms with Crippen LogP contribution >= 0.6 is 11.3 Å². The molecule has 18 heavy (non-hydrogen) atoms. The number of nitrogens with one attached hydrogen (secondary N) is 1. The van der Waals surface area contributed by atoms with Gasteiger partial charge in [-0.1, -0.05) is 23.8 Å². The van der Waals surface area contributed by atoms with Gasteiger partial charge in [-0.05, 0) is 38.8 Å². The van der Waals surface area contributed by atoms with Gasteiger partial charge in [0.25, 0.3) is 0 Å². The summed E-state index contributed by atoms with van der Waals surface area (Å²) in [6.45, 7) is 8.27. The van der Waals surface area contributed by atoms with Crippen LogP contribution in [0.5, 0.6) is 0 Å². The van der Waals surface area contributed by atoms with E-state index in [0.29, 0.717) is 0 Å². The van der Waals surface area contributed by atoms with Gasteiger partial charge in [0.2, 0.25) is 0 Å². The molecule has 1 unspecified atom stereocenters. The van der Waals surface area contributed by atoms with Gasteiger partial charge in [0.1, 0.15) is 0 Å². The van der Waals surface area contributed by atoms with Crippen molar-refractivity contribution < 1.29 is 0 Å². The molecular formula is C14H19N3S. The van der Waals surface area contributed by atoms with Gasteiger partial charge in [0.05, 0.1) is 21.6 Å². The molecule has 2 rings (SSSR count). The molecule has 0 spiro atoms. The number of hydrogen-bond acceptors (Lipinski definition) is 4. The quantitative estimate of drug-likeness (QED) is 0.660. The molecule has 3 N–H and O–H groups in total. The SMILES string of the molecule is Cc1ccc(C)c(C(NN)c2sc(C)nc2C)c1. The lowest BCUT2D eigenvalue weighted by Crippen LogP contribution is -2.29. The molecule has 0 aliphatic carbocycles. The van der Waals surface area contributed by atoms with Gasteiger partial charge in [-0.2, -0.15) is 0 Å². The minimum absolute atomic E-state index is 0.0242. The largest absolute Gasteiger partial charge is 0.271 e. The third-order valence-electron chi connectivity index (χ3n) is 3.11. The minimum atomic E-state index is 0.0242. The van der Waals surface area contributed by atoms with E-state index in [1.165, 1.54) is 21.6 Å². The molecule has 0 aliphatic heterocycles. The Balaban J connectivity index is 2.51. The molecule has 0 aliphatic rings. The molecule has 1 aromatic heterocycles. The Hall–Kier alpha value is -1.23. The minimum Gasteiger partial charge on any atom is -0.271 e. The van der Waals surface area contributed by atoms with Gasteiger partial charge < -0.3 is 0 Å². The van der Waals surface area contributed by atoms with E-state index < -0.39 is 0 Å². The first-order valence-electron chi connectivity index (χ1n) is 6.00. The Morgan fingerprint density at radius 3 is 2.50 bits per heavy atom.